The summed E-state index contributed by atoms with van der Waals surface area (Å²) >= 11 is 0. The van der Waals surface area contributed by atoms with Crippen LogP contribution in [0, 0.1) is 17.8 Å². The van der Waals surface area contributed by atoms with Crippen LogP contribution in [0.2, 0.25) is 0 Å². The number of hydrazine groups is 1. The second-order valence-electron chi connectivity index (χ2n) is 4.83. The fourth-order valence-corrected chi connectivity index (χ4v) is 0.920. The standard InChI is InChI=1S/C11H26N4/c1-8(2)6-13-11(15-12)14-7-10(5)9(3)4/h8-10H,6-7,12H2,1-5H3,(H2,13,14,15). The third-order valence-corrected chi connectivity index (χ3v) is 2.48. The van der Waals surface area contributed by atoms with Gasteiger partial charge in [-0.1, -0.05) is 34.6 Å². The summed E-state index contributed by atoms with van der Waals surface area (Å²) in [6, 6.07) is 0. The fourth-order valence-electron chi connectivity index (χ4n) is 0.920. The van der Waals surface area contributed by atoms with Crippen LogP contribution in [0.4, 0.5) is 0 Å². The van der Waals surface area contributed by atoms with Crippen LogP contribution in [0.25, 0.3) is 0 Å². The average Bonchev–Trinajstić information content (AvgIpc) is 2.17. The Morgan fingerprint density at radius 1 is 1.20 bits per heavy atom. The van der Waals surface area contributed by atoms with Gasteiger partial charge in [0.2, 0.25) is 5.96 Å². The fraction of sp³-hybridized carbons (Fsp3) is 0.909. The molecular weight excluding hydrogens is 188 g/mol. The van der Waals surface area contributed by atoms with E-state index >= 15 is 0 Å². The van der Waals surface area contributed by atoms with E-state index < -0.39 is 0 Å². The molecule has 4 heteroatoms. The average molecular weight is 214 g/mol. The number of aliphatic imine (C=N–C) groups is 1. The molecule has 0 heterocycles. The molecule has 0 aromatic rings. The molecule has 0 saturated carbocycles. The van der Waals surface area contributed by atoms with Crippen LogP contribution in [0.5, 0.6) is 0 Å². The van der Waals surface area contributed by atoms with Gasteiger partial charge in [0.15, 0.2) is 0 Å². The summed E-state index contributed by atoms with van der Waals surface area (Å²) in [6.45, 7) is 12.6. The number of nitrogens with one attached hydrogen (secondary N) is 2. The molecule has 0 aliphatic heterocycles. The molecule has 0 aromatic carbocycles. The zero-order valence-electron chi connectivity index (χ0n) is 10.7. The lowest BCUT2D eigenvalue weighted by Crippen LogP contribution is -2.43. The van der Waals surface area contributed by atoms with Crippen LogP contribution in [0.1, 0.15) is 34.6 Å². The lowest BCUT2D eigenvalue weighted by Gasteiger charge is -2.17. The molecule has 0 aliphatic carbocycles. The Bertz CT molecular complexity index is 187. The predicted octanol–water partition coefficient (Wildman–Crippen LogP) is 1.34. The number of nitrogens with two attached hydrogens (primary N) is 1. The van der Waals surface area contributed by atoms with Crippen LogP contribution in [-0.4, -0.2) is 19.0 Å². The molecule has 4 N–H and O–H groups in total. The lowest BCUT2D eigenvalue weighted by atomic mass is 9.98. The molecule has 0 bridgehead atoms. The van der Waals surface area contributed by atoms with Gasteiger partial charge < -0.3 is 5.32 Å². The van der Waals surface area contributed by atoms with E-state index in [9.17, 15) is 0 Å². The second kappa shape index (κ2) is 7.51. The quantitative estimate of drug-likeness (QED) is 0.280. The van der Waals surface area contributed by atoms with Crippen LogP contribution in [-0.2, 0) is 0 Å². The van der Waals surface area contributed by atoms with Crippen molar-refractivity contribution < 1.29 is 0 Å². The van der Waals surface area contributed by atoms with Gasteiger partial charge in [0.25, 0.3) is 0 Å². The van der Waals surface area contributed by atoms with Gasteiger partial charge in [0.05, 0.1) is 0 Å². The SMILES string of the molecule is CC(C)CN=C(NN)NCC(C)C(C)C. The van der Waals surface area contributed by atoms with Gasteiger partial charge >= 0.3 is 0 Å². The van der Waals surface area contributed by atoms with Gasteiger partial charge in [-0.25, -0.2) is 5.84 Å². The van der Waals surface area contributed by atoms with Gasteiger partial charge in [-0.15, -0.1) is 0 Å². The highest BCUT2D eigenvalue weighted by Crippen LogP contribution is 2.07. The van der Waals surface area contributed by atoms with E-state index in [1.807, 2.05) is 0 Å². The lowest BCUT2D eigenvalue weighted by molar-refractivity contribution is 0.413. The topological polar surface area (TPSA) is 62.4 Å². The Balaban J connectivity index is 3.94. The summed E-state index contributed by atoms with van der Waals surface area (Å²) in [5, 5.41) is 3.22. The van der Waals surface area contributed by atoms with Gasteiger partial charge in [-0.05, 0) is 17.8 Å². The minimum Gasteiger partial charge on any atom is -0.355 e. The van der Waals surface area contributed by atoms with Crippen LogP contribution < -0.4 is 16.6 Å². The summed E-state index contributed by atoms with van der Waals surface area (Å²) in [5.41, 5.74) is 2.59. The first-order chi connectivity index (χ1) is 6.97. The van der Waals surface area contributed by atoms with Gasteiger partial charge in [0.1, 0.15) is 0 Å². The molecular formula is C11H26N4. The molecule has 0 spiro atoms. The van der Waals surface area contributed by atoms with Crippen molar-refractivity contribution in [2.45, 2.75) is 34.6 Å². The molecule has 4 nitrogen and oxygen atoms in total. The number of nitrogens with zero attached hydrogens (tertiary/aromatic N) is 1. The van der Waals surface area contributed by atoms with Crippen molar-refractivity contribution in [3.05, 3.63) is 0 Å². The van der Waals surface area contributed by atoms with E-state index in [-0.39, 0.29) is 0 Å². The highest BCUT2D eigenvalue weighted by atomic mass is 15.3. The maximum absolute atomic E-state index is 5.38. The largest absolute Gasteiger partial charge is 0.355 e. The summed E-state index contributed by atoms with van der Waals surface area (Å²) in [5.74, 6) is 7.90. The van der Waals surface area contributed by atoms with E-state index in [1.165, 1.54) is 0 Å². The molecule has 0 amide bonds. The molecule has 0 aliphatic rings. The van der Waals surface area contributed by atoms with E-state index in [4.69, 9.17) is 5.84 Å². The van der Waals surface area contributed by atoms with Crippen molar-refractivity contribution in [2.24, 2.45) is 28.6 Å². The zero-order valence-corrected chi connectivity index (χ0v) is 10.7. The number of hydrogen-bond acceptors (Lipinski definition) is 2. The highest BCUT2D eigenvalue weighted by molar-refractivity contribution is 5.79. The first-order valence-corrected chi connectivity index (χ1v) is 5.72. The summed E-state index contributed by atoms with van der Waals surface area (Å²) in [7, 11) is 0. The highest BCUT2D eigenvalue weighted by Gasteiger charge is 2.07. The monoisotopic (exact) mass is 214 g/mol. The maximum atomic E-state index is 5.38. The van der Waals surface area contributed by atoms with Gasteiger partial charge in [-0.3, -0.25) is 10.4 Å². The first-order valence-electron chi connectivity index (χ1n) is 5.72. The van der Waals surface area contributed by atoms with E-state index in [0.29, 0.717) is 23.7 Å². The van der Waals surface area contributed by atoms with Gasteiger partial charge in [0, 0.05) is 13.1 Å². The number of guanidine groups is 1. The van der Waals surface area contributed by atoms with Crippen molar-refractivity contribution in [3.8, 4) is 0 Å². The Hall–Kier alpha value is -0.770. The van der Waals surface area contributed by atoms with Gasteiger partial charge in [-0.2, -0.15) is 0 Å². The minimum absolute atomic E-state index is 0.553. The Kier molecular flexibility index (Phi) is 7.13. The first kappa shape index (κ1) is 14.2. The van der Waals surface area contributed by atoms with Crippen molar-refractivity contribution in [2.75, 3.05) is 13.1 Å². The molecule has 0 aromatic heterocycles. The molecule has 0 radical (unpaired) electrons. The summed E-state index contributed by atoms with van der Waals surface area (Å²) in [4.78, 5) is 4.34. The molecule has 0 fully saturated rings. The molecule has 0 rings (SSSR count). The Labute approximate surface area is 93.7 Å². The number of rotatable bonds is 5. The maximum Gasteiger partial charge on any atom is 0.205 e. The van der Waals surface area contributed by atoms with E-state index in [2.05, 4.69) is 50.4 Å². The zero-order chi connectivity index (χ0) is 11.8. The summed E-state index contributed by atoms with van der Waals surface area (Å²) < 4.78 is 0. The molecule has 15 heavy (non-hydrogen) atoms. The molecule has 1 unspecified atom stereocenters. The molecule has 0 saturated heterocycles. The Morgan fingerprint density at radius 3 is 2.20 bits per heavy atom. The molecule has 1 atom stereocenters. The van der Waals surface area contributed by atoms with Crippen LogP contribution in [0.15, 0.2) is 4.99 Å². The van der Waals surface area contributed by atoms with Crippen molar-refractivity contribution in [3.63, 3.8) is 0 Å². The Morgan fingerprint density at radius 2 is 1.80 bits per heavy atom. The summed E-state index contributed by atoms with van der Waals surface area (Å²) in [6.07, 6.45) is 0. The number of hydrogen-bond donors (Lipinski definition) is 3. The van der Waals surface area contributed by atoms with Crippen molar-refractivity contribution >= 4 is 5.96 Å². The molecule has 90 valence electrons. The minimum atomic E-state index is 0.553. The van der Waals surface area contributed by atoms with Crippen LogP contribution in [0.3, 0.4) is 0 Å². The van der Waals surface area contributed by atoms with Crippen molar-refractivity contribution in [1.82, 2.24) is 10.7 Å². The van der Waals surface area contributed by atoms with Crippen molar-refractivity contribution in [1.29, 1.82) is 0 Å². The van der Waals surface area contributed by atoms with E-state index in [0.717, 1.165) is 13.1 Å². The predicted molar refractivity (Wildman–Crippen MR) is 66.5 cm³/mol. The van der Waals surface area contributed by atoms with Crippen LogP contribution >= 0.6 is 0 Å². The third kappa shape index (κ3) is 7.19. The third-order valence-electron chi connectivity index (χ3n) is 2.48. The van der Waals surface area contributed by atoms with E-state index in [1.54, 1.807) is 0 Å². The second-order valence-corrected chi connectivity index (χ2v) is 4.83. The normalized spacial score (nSPS) is 14.5. The smallest absolute Gasteiger partial charge is 0.205 e.